The summed E-state index contributed by atoms with van der Waals surface area (Å²) in [5, 5.41) is 3.06. The molecule has 0 rings (SSSR count). The van der Waals surface area contributed by atoms with Gasteiger partial charge in [0.15, 0.2) is 0 Å². The molecule has 0 aliphatic heterocycles. The van der Waals surface area contributed by atoms with Crippen molar-refractivity contribution in [3.8, 4) is 0 Å². The van der Waals surface area contributed by atoms with E-state index in [1.807, 2.05) is 6.92 Å². The molecular formula is C7H18N2O3S. The molecule has 0 aliphatic rings. The first-order valence-corrected chi connectivity index (χ1v) is 6.03. The van der Waals surface area contributed by atoms with Gasteiger partial charge in [0.25, 0.3) is 0 Å². The van der Waals surface area contributed by atoms with E-state index in [1.165, 1.54) is 0 Å². The van der Waals surface area contributed by atoms with Gasteiger partial charge in [-0.15, -0.1) is 0 Å². The summed E-state index contributed by atoms with van der Waals surface area (Å²) >= 11 is 0. The van der Waals surface area contributed by atoms with Crippen LogP contribution in [-0.4, -0.2) is 47.5 Å². The van der Waals surface area contributed by atoms with Crippen LogP contribution in [0.5, 0.6) is 0 Å². The lowest BCUT2D eigenvalue weighted by atomic mass is 10.4. The Balaban J connectivity index is 3.27. The minimum absolute atomic E-state index is 0.151. The van der Waals surface area contributed by atoms with E-state index in [-0.39, 0.29) is 6.10 Å². The molecule has 13 heavy (non-hydrogen) atoms. The van der Waals surface area contributed by atoms with Gasteiger partial charge >= 0.3 is 0 Å². The van der Waals surface area contributed by atoms with Crippen LogP contribution in [0.4, 0.5) is 0 Å². The van der Waals surface area contributed by atoms with Gasteiger partial charge in [0.2, 0.25) is 10.0 Å². The van der Waals surface area contributed by atoms with Gasteiger partial charge in [-0.1, -0.05) is 0 Å². The monoisotopic (exact) mass is 210 g/mol. The second-order valence-corrected chi connectivity index (χ2v) is 4.75. The third-order valence-corrected chi connectivity index (χ3v) is 2.23. The zero-order valence-electron chi connectivity index (χ0n) is 8.33. The van der Waals surface area contributed by atoms with E-state index in [0.717, 1.165) is 12.8 Å². The fraction of sp³-hybridized carbons (Fsp3) is 1.00. The van der Waals surface area contributed by atoms with Crippen LogP contribution < -0.4 is 10.0 Å². The van der Waals surface area contributed by atoms with E-state index in [1.54, 1.807) is 7.11 Å². The van der Waals surface area contributed by atoms with Crippen molar-refractivity contribution in [1.82, 2.24) is 10.0 Å². The van der Waals surface area contributed by atoms with Crippen LogP contribution in [-0.2, 0) is 14.8 Å². The van der Waals surface area contributed by atoms with Crippen LogP contribution in [0.3, 0.4) is 0 Å². The molecule has 0 aromatic carbocycles. The molecule has 0 heterocycles. The fourth-order valence-electron chi connectivity index (χ4n) is 0.713. The molecule has 0 aliphatic carbocycles. The predicted octanol–water partition coefficient (Wildman–Crippen LogP) is -0.840. The highest BCUT2D eigenvalue weighted by molar-refractivity contribution is 7.88. The van der Waals surface area contributed by atoms with Gasteiger partial charge in [0.05, 0.1) is 12.4 Å². The quantitative estimate of drug-likeness (QED) is 0.538. The highest BCUT2D eigenvalue weighted by Gasteiger charge is 2.00. The Hall–Kier alpha value is -0.170. The van der Waals surface area contributed by atoms with Crippen LogP contribution in [0.1, 0.15) is 6.92 Å². The largest absolute Gasteiger partial charge is 0.380 e. The van der Waals surface area contributed by atoms with Crippen LogP contribution in [0, 0.1) is 0 Å². The molecule has 0 spiro atoms. The molecule has 0 bridgehead atoms. The molecule has 0 radical (unpaired) electrons. The molecule has 0 fully saturated rings. The van der Waals surface area contributed by atoms with Gasteiger partial charge in [0.1, 0.15) is 0 Å². The molecule has 2 N–H and O–H groups in total. The van der Waals surface area contributed by atoms with E-state index in [2.05, 4.69) is 10.0 Å². The summed E-state index contributed by atoms with van der Waals surface area (Å²) in [4.78, 5) is 0. The number of sulfonamides is 1. The normalized spacial score (nSPS) is 14.4. The van der Waals surface area contributed by atoms with Crippen molar-refractivity contribution in [3.63, 3.8) is 0 Å². The molecule has 0 saturated heterocycles. The lowest BCUT2D eigenvalue weighted by Crippen LogP contribution is -2.34. The third-order valence-electron chi connectivity index (χ3n) is 1.50. The Bertz CT molecular complexity index is 216. The summed E-state index contributed by atoms with van der Waals surface area (Å²) in [6.45, 7) is 3.69. The Kier molecular flexibility index (Phi) is 6.23. The highest BCUT2D eigenvalue weighted by Crippen LogP contribution is 1.82. The number of ether oxygens (including phenoxy) is 1. The topological polar surface area (TPSA) is 67.4 Å². The van der Waals surface area contributed by atoms with E-state index in [4.69, 9.17) is 4.74 Å². The Morgan fingerprint density at radius 2 is 2.00 bits per heavy atom. The summed E-state index contributed by atoms with van der Waals surface area (Å²) in [6, 6.07) is 0. The van der Waals surface area contributed by atoms with Crippen molar-refractivity contribution >= 4 is 10.0 Å². The van der Waals surface area contributed by atoms with Gasteiger partial charge in [-0.05, 0) is 6.92 Å². The molecule has 1 unspecified atom stereocenters. The molecular weight excluding hydrogens is 192 g/mol. The fourth-order valence-corrected chi connectivity index (χ4v) is 1.19. The number of methoxy groups -OCH3 is 1. The summed E-state index contributed by atoms with van der Waals surface area (Å²) in [5.41, 5.74) is 0. The summed E-state index contributed by atoms with van der Waals surface area (Å²) in [5.74, 6) is 0. The number of hydrogen-bond acceptors (Lipinski definition) is 4. The Labute approximate surface area is 79.9 Å². The molecule has 0 aromatic heterocycles. The summed E-state index contributed by atoms with van der Waals surface area (Å²) in [7, 11) is -1.41. The van der Waals surface area contributed by atoms with Crippen molar-refractivity contribution in [2.24, 2.45) is 0 Å². The maximum absolute atomic E-state index is 10.6. The van der Waals surface area contributed by atoms with Gasteiger partial charge in [-0.25, -0.2) is 13.1 Å². The molecule has 0 amide bonds. The van der Waals surface area contributed by atoms with Gasteiger partial charge in [-0.2, -0.15) is 0 Å². The van der Waals surface area contributed by atoms with Crippen LogP contribution >= 0.6 is 0 Å². The number of nitrogens with one attached hydrogen (secondary N) is 2. The molecule has 1 atom stereocenters. The lowest BCUT2D eigenvalue weighted by Gasteiger charge is -2.10. The van der Waals surface area contributed by atoms with Crippen molar-refractivity contribution in [3.05, 3.63) is 0 Å². The van der Waals surface area contributed by atoms with Crippen LogP contribution in [0.25, 0.3) is 0 Å². The predicted molar refractivity (Wildman–Crippen MR) is 52.2 cm³/mol. The minimum atomic E-state index is -3.05. The van der Waals surface area contributed by atoms with Gasteiger partial charge in [0, 0.05) is 26.7 Å². The average Bonchev–Trinajstić information content (AvgIpc) is 2.01. The number of hydrogen-bond donors (Lipinski definition) is 2. The SMILES string of the molecule is COC(C)CNCCNS(C)(=O)=O. The van der Waals surface area contributed by atoms with Crippen molar-refractivity contribution in [1.29, 1.82) is 0 Å². The minimum Gasteiger partial charge on any atom is -0.380 e. The molecule has 5 nitrogen and oxygen atoms in total. The number of rotatable bonds is 7. The highest BCUT2D eigenvalue weighted by atomic mass is 32.2. The third kappa shape index (κ3) is 9.75. The van der Waals surface area contributed by atoms with E-state index < -0.39 is 10.0 Å². The maximum Gasteiger partial charge on any atom is 0.208 e. The van der Waals surface area contributed by atoms with E-state index >= 15 is 0 Å². The van der Waals surface area contributed by atoms with E-state index in [9.17, 15) is 8.42 Å². The summed E-state index contributed by atoms with van der Waals surface area (Å²) < 4.78 is 28.6. The Morgan fingerprint density at radius 3 is 2.46 bits per heavy atom. The molecule has 0 aromatic rings. The maximum atomic E-state index is 10.6. The molecule has 80 valence electrons. The second kappa shape index (κ2) is 6.31. The smallest absolute Gasteiger partial charge is 0.208 e. The Morgan fingerprint density at radius 1 is 1.38 bits per heavy atom. The van der Waals surface area contributed by atoms with Crippen molar-refractivity contribution in [2.75, 3.05) is 33.0 Å². The van der Waals surface area contributed by atoms with Gasteiger partial charge in [-0.3, -0.25) is 0 Å². The van der Waals surface area contributed by atoms with E-state index in [0.29, 0.717) is 13.1 Å². The van der Waals surface area contributed by atoms with Crippen LogP contribution in [0.2, 0.25) is 0 Å². The first kappa shape index (κ1) is 12.8. The van der Waals surface area contributed by atoms with Crippen LogP contribution in [0.15, 0.2) is 0 Å². The van der Waals surface area contributed by atoms with Crippen molar-refractivity contribution < 1.29 is 13.2 Å². The first-order chi connectivity index (χ1) is 5.95. The molecule has 0 saturated carbocycles. The van der Waals surface area contributed by atoms with Crippen molar-refractivity contribution in [2.45, 2.75) is 13.0 Å². The zero-order valence-corrected chi connectivity index (χ0v) is 9.15. The summed E-state index contributed by atoms with van der Waals surface area (Å²) in [6.07, 6.45) is 1.29. The average molecular weight is 210 g/mol. The van der Waals surface area contributed by atoms with Gasteiger partial charge < -0.3 is 10.1 Å². The second-order valence-electron chi connectivity index (χ2n) is 2.92. The first-order valence-electron chi connectivity index (χ1n) is 4.14. The lowest BCUT2D eigenvalue weighted by molar-refractivity contribution is 0.117. The standard InChI is InChI=1S/C7H18N2O3S/c1-7(12-2)6-8-4-5-9-13(3,10)11/h7-9H,4-6H2,1-3H3. The molecule has 6 heteroatoms. The zero-order chi connectivity index (χ0) is 10.3.